The largest absolute Gasteiger partial charge is 0.419 e. The number of piperazine rings is 1. The fraction of sp³-hybridized carbons (Fsp3) is 0.429. The van der Waals surface area contributed by atoms with E-state index in [-0.39, 0.29) is 11.1 Å². The molecule has 0 bridgehead atoms. The van der Waals surface area contributed by atoms with Crippen molar-refractivity contribution in [2.45, 2.75) is 10.6 Å². The second kappa shape index (κ2) is 7.44. The molecule has 25 heavy (non-hydrogen) atoms. The maximum atomic E-state index is 13.2. The van der Waals surface area contributed by atoms with E-state index in [0.29, 0.717) is 42.4 Å². The Morgan fingerprint density at radius 3 is 2.40 bits per heavy atom. The highest BCUT2D eigenvalue weighted by Gasteiger charge is 2.36. The van der Waals surface area contributed by atoms with Crippen molar-refractivity contribution in [1.29, 1.82) is 0 Å². The van der Waals surface area contributed by atoms with E-state index in [9.17, 15) is 13.2 Å². The van der Waals surface area contributed by atoms with Gasteiger partial charge in [0.2, 0.25) is 11.2 Å². The van der Waals surface area contributed by atoms with Gasteiger partial charge in [-0.3, -0.25) is 0 Å². The third kappa shape index (κ3) is 4.22. The monoisotopic (exact) mass is 484 g/mol. The van der Waals surface area contributed by atoms with Crippen molar-refractivity contribution in [3.63, 3.8) is 0 Å². The van der Waals surface area contributed by atoms with Gasteiger partial charge < -0.3 is 9.80 Å². The summed E-state index contributed by atoms with van der Waals surface area (Å²) in [5.74, 6) is 0.974. The smallest absolute Gasteiger partial charge is 0.353 e. The molecule has 0 unspecified atom stereocenters. The SMILES string of the molecule is FC(F)(F)c1cccnc1N1CCN(c2nc(Cl)nc(CI)n2)CC1. The van der Waals surface area contributed by atoms with E-state index in [2.05, 4.69) is 42.5 Å². The molecule has 134 valence electrons. The number of alkyl halides is 4. The van der Waals surface area contributed by atoms with Crippen molar-refractivity contribution < 1.29 is 13.2 Å². The van der Waals surface area contributed by atoms with Gasteiger partial charge in [0.1, 0.15) is 11.6 Å². The van der Waals surface area contributed by atoms with Gasteiger partial charge in [-0.15, -0.1) is 0 Å². The average molecular weight is 485 g/mol. The molecule has 0 N–H and O–H groups in total. The van der Waals surface area contributed by atoms with Gasteiger partial charge in [-0.25, -0.2) is 9.97 Å². The van der Waals surface area contributed by atoms with Crippen LogP contribution in [0.4, 0.5) is 24.9 Å². The first-order valence-corrected chi connectivity index (χ1v) is 9.27. The van der Waals surface area contributed by atoms with E-state index < -0.39 is 11.7 Å². The molecule has 0 atom stereocenters. The molecule has 3 rings (SSSR count). The normalized spacial score (nSPS) is 15.6. The van der Waals surface area contributed by atoms with Crippen LogP contribution in [-0.4, -0.2) is 46.1 Å². The molecule has 0 amide bonds. The second-order valence-electron chi connectivity index (χ2n) is 5.30. The van der Waals surface area contributed by atoms with Crippen molar-refractivity contribution in [3.05, 3.63) is 35.0 Å². The number of pyridine rings is 1. The fourth-order valence-corrected chi connectivity index (χ4v) is 3.08. The van der Waals surface area contributed by atoms with Gasteiger partial charge in [-0.05, 0) is 23.7 Å². The number of halogens is 5. The Bertz CT molecular complexity index is 752. The van der Waals surface area contributed by atoms with E-state index in [0.717, 1.165) is 6.07 Å². The summed E-state index contributed by atoms with van der Waals surface area (Å²) in [6.45, 7) is 1.69. The summed E-state index contributed by atoms with van der Waals surface area (Å²) >= 11 is 8.03. The minimum absolute atomic E-state index is 0.0451. The molecule has 1 aliphatic heterocycles. The lowest BCUT2D eigenvalue weighted by molar-refractivity contribution is -0.137. The van der Waals surface area contributed by atoms with Crippen molar-refractivity contribution in [1.82, 2.24) is 19.9 Å². The summed E-state index contributed by atoms with van der Waals surface area (Å²) in [5, 5.41) is 0.114. The van der Waals surface area contributed by atoms with E-state index in [1.807, 2.05) is 4.90 Å². The molecule has 0 aromatic carbocycles. The fourth-order valence-electron chi connectivity index (χ4n) is 2.57. The second-order valence-corrected chi connectivity index (χ2v) is 6.40. The standard InChI is InChI=1S/C14H13ClF3IN6/c15-12-21-10(8-19)22-13(23-12)25-6-4-24(5-7-25)11-9(14(16,17)18)2-1-3-20-11/h1-3H,4-8H2. The lowest BCUT2D eigenvalue weighted by Gasteiger charge is -2.36. The molecule has 1 aliphatic rings. The number of anilines is 2. The molecular weight excluding hydrogens is 472 g/mol. The lowest BCUT2D eigenvalue weighted by atomic mass is 10.2. The Morgan fingerprint density at radius 2 is 1.76 bits per heavy atom. The number of hydrogen-bond donors (Lipinski definition) is 0. The topological polar surface area (TPSA) is 58.0 Å². The van der Waals surface area contributed by atoms with Gasteiger partial charge in [0.05, 0.1) is 9.99 Å². The van der Waals surface area contributed by atoms with Gasteiger partial charge in [0.25, 0.3) is 0 Å². The van der Waals surface area contributed by atoms with Crippen LogP contribution in [0.25, 0.3) is 0 Å². The zero-order valence-electron chi connectivity index (χ0n) is 12.8. The van der Waals surface area contributed by atoms with E-state index in [4.69, 9.17) is 11.6 Å². The van der Waals surface area contributed by atoms with Crippen LogP contribution in [0.15, 0.2) is 18.3 Å². The molecule has 0 radical (unpaired) electrons. The van der Waals surface area contributed by atoms with Crippen LogP contribution in [0.2, 0.25) is 5.28 Å². The van der Waals surface area contributed by atoms with E-state index >= 15 is 0 Å². The van der Waals surface area contributed by atoms with Gasteiger partial charge in [0, 0.05) is 32.4 Å². The number of nitrogens with zero attached hydrogens (tertiary/aromatic N) is 6. The zero-order chi connectivity index (χ0) is 18.0. The first-order valence-electron chi connectivity index (χ1n) is 7.37. The Kier molecular flexibility index (Phi) is 5.46. The molecule has 2 aromatic rings. The van der Waals surface area contributed by atoms with Crippen molar-refractivity contribution in [2.24, 2.45) is 0 Å². The molecule has 3 heterocycles. The summed E-state index contributed by atoms with van der Waals surface area (Å²) < 4.78 is 40.1. The number of rotatable bonds is 3. The lowest BCUT2D eigenvalue weighted by Crippen LogP contribution is -2.48. The predicted octanol–water partition coefficient (Wildman–Crippen LogP) is 3.20. The van der Waals surface area contributed by atoms with E-state index in [1.54, 1.807) is 4.90 Å². The third-order valence-electron chi connectivity index (χ3n) is 3.72. The predicted molar refractivity (Wildman–Crippen MR) is 96.2 cm³/mol. The molecule has 2 aromatic heterocycles. The Labute approximate surface area is 160 Å². The van der Waals surface area contributed by atoms with Gasteiger partial charge in [0.15, 0.2) is 0 Å². The van der Waals surface area contributed by atoms with Crippen LogP contribution in [0.3, 0.4) is 0 Å². The highest BCUT2D eigenvalue weighted by molar-refractivity contribution is 14.1. The quantitative estimate of drug-likeness (QED) is 0.493. The Hall–Kier alpha value is -1.43. The first kappa shape index (κ1) is 18.4. The van der Waals surface area contributed by atoms with Crippen molar-refractivity contribution in [2.75, 3.05) is 36.0 Å². The number of aromatic nitrogens is 4. The molecule has 1 saturated heterocycles. The molecule has 0 spiro atoms. The Morgan fingerprint density at radius 1 is 1.08 bits per heavy atom. The summed E-state index contributed by atoms with van der Waals surface area (Å²) in [4.78, 5) is 19.9. The van der Waals surface area contributed by atoms with Crippen LogP contribution in [0.1, 0.15) is 11.4 Å². The van der Waals surface area contributed by atoms with Gasteiger partial charge >= 0.3 is 6.18 Å². The van der Waals surface area contributed by atoms with E-state index in [1.165, 1.54) is 12.3 Å². The maximum Gasteiger partial charge on any atom is 0.419 e. The van der Waals surface area contributed by atoms with Gasteiger partial charge in [-0.1, -0.05) is 22.6 Å². The Balaban J connectivity index is 1.76. The van der Waals surface area contributed by atoms with Crippen LogP contribution in [0, 0.1) is 0 Å². The molecule has 6 nitrogen and oxygen atoms in total. The van der Waals surface area contributed by atoms with Crippen LogP contribution in [0.5, 0.6) is 0 Å². The molecule has 0 saturated carbocycles. The van der Waals surface area contributed by atoms with Gasteiger partial charge in [-0.2, -0.15) is 23.1 Å². The van der Waals surface area contributed by atoms with Crippen LogP contribution < -0.4 is 9.80 Å². The highest BCUT2D eigenvalue weighted by Crippen LogP contribution is 2.35. The summed E-state index contributed by atoms with van der Waals surface area (Å²) in [5.41, 5.74) is -0.723. The highest BCUT2D eigenvalue weighted by atomic mass is 127. The summed E-state index contributed by atoms with van der Waals surface area (Å²) in [6, 6.07) is 2.34. The van der Waals surface area contributed by atoms with Crippen molar-refractivity contribution in [3.8, 4) is 0 Å². The zero-order valence-corrected chi connectivity index (χ0v) is 15.8. The van der Waals surface area contributed by atoms with Crippen LogP contribution in [-0.2, 0) is 10.6 Å². The molecule has 0 aliphatic carbocycles. The van der Waals surface area contributed by atoms with Crippen LogP contribution >= 0.6 is 34.2 Å². The number of hydrogen-bond acceptors (Lipinski definition) is 6. The third-order valence-corrected chi connectivity index (χ3v) is 4.57. The first-order chi connectivity index (χ1) is 11.9. The summed E-state index contributed by atoms with van der Waals surface area (Å²) in [6.07, 6.45) is -3.06. The van der Waals surface area contributed by atoms with Crippen molar-refractivity contribution >= 4 is 46.0 Å². The summed E-state index contributed by atoms with van der Waals surface area (Å²) in [7, 11) is 0. The maximum absolute atomic E-state index is 13.2. The minimum Gasteiger partial charge on any atom is -0.353 e. The molecule has 11 heteroatoms. The average Bonchev–Trinajstić information content (AvgIpc) is 2.60. The minimum atomic E-state index is -4.43. The molecule has 1 fully saturated rings. The molecular formula is C14H13ClF3IN6.